The quantitative estimate of drug-likeness (QED) is 0.618. The Balaban J connectivity index is 1.60. The number of aromatic nitrogens is 1. The molecule has 2 aromatic carbocycles. The van der Waals surface area contributed by atoms with Gasteiger partial charge in [0.05, 0.1) is 10.6 Å². The number of benzene rings is 2. The highest BCUT2D eigenvalue weighted by molar-refractivity contribution is 7.89. The van der Waals surface area contributed by atoms with Crippen molar-refractivity contribution >= 4 is 21.6 Å². The lowest BCUT2D eigenvalue weighted by molar-refractivity contribution is -0.116. The van der Waals surface area contributed by atoms with E-state index >= 15 is 0 Å². The van der Waals surface area contributed by atoms with E-state index in [0.717, 1.165) is 22.6 Å². The average Bonchev–Trinajstić information content (AvgIpc) is 3.05. The van der Waals surface area contributed by atoms with Gasteiger partial charge in [0.25, 0.3) is 0 Å². The second-order valence-corrected chi connectivity index (χ2v) is 8.53. The summed E-state index contributed by atoms with van der Waals surface area (Å²) in [5.41, 5.74) is 3.18. The van der Waals surface area contributed by atoms with E-state index in [9.17, 15) is 13.2 Å². The predicted octanol–water partition coefficient (Wildman–Crippen LogP) is 3.44. The molecule has 0 spiro atoms. The largest absolute Gasteiger partial charge is 0.441 e. The van der Waals surface area contributed by atoms with Crippen molar-refractivity contribution in [2.45, 2.75) is 31.6 Å². The summed E-state index contributed by atoms with van der Waals surface area (Å²) in [6.07, 6.45) is 0.781. The first kappa shape index (κ1) is 20.8. The van der Waals surface area contributed by atoms with Gasteiger partial charge in [-0.1, -0.05) is 18.2 Å². The van der Waals surface area contributed by atoms with Crippen LogP contribution in [0.4, 0.5) is 5.69 Å². The molecule has 0 saturated carbocycles. The van der Waals surface area contributed by atoms with Crippen LogP contribution in [0.15, 0.2) is 57.8 Å². The summed E-state index contributed by atoms with van der Waals surface area (Å²) in [4.78, 5) is 16.9. The van der Waals surface area contributed by atoms with Crippen LogP contribution in [0.2, 0.25) is 0 Å². The first-order valence-electron chi connectivity index (χ1n) is 9.15. The van der Waals surface area contributed by atoms with Gasteiger partial charge in [-0.25, -0.2) is 18.1 Å². The third kappa shape index (κ3) is 5.10. The smallest absolute Gasteiger partial charge is 0.240 e. The number of carbonyl (C=O) groups is 1. The second kappa shape index (κ2) is 8.59. The van der Waals surface area contributed by atoms with Gasteiger partial charge in [0.15, 0.2) is 0 Å². The Morgan fingerprint density at radius 1 is 1.10 bits per heavy atom. The molecule has 1 amide bonds. The number of nitrogens with one attached hydrogen (secondary N) is 2. The number of sulfonamides is 1. The summed E-state index contributed by atoms with van der Waals surface area (Å²) in [5, 5.41) is 2.87. The molecule has 1 aromatic heterocycles. The molecule has 0 atom stereocenters. The average molecular weight is 413 g/mol. The zero-order chi connectivity index (χ0) is 21.0. The summed E-state index contributed by atoms with van der Waals surface area (Å²) >= 11 is 0. The minimum absolute atomic E-state index is 0.131. The van der Waals surface area contributed by atoms with Gasteiger partial charge in [-0.05, 0) is 63.2 Å². The van der Waals surface area contributed by atoms with E-state index in [4.69, 9.17) is 4.42 Å². The number of aryl methyl sites for hydroxylation is 3. The molecular formula is C21H23N3O4S. The van der Waals surface area contributed by atoms with Crippen molar-refractivity contribution in [1.29, 1.82) is 0 Å². The lowest BCUT2D eigenvalue weighted by Crippen LogP contribution is -2.18. The van der Waals surface area contributed by atoms with Gasteiger partial charge in [-0.3, -0.25) is 4.79 Å². The van der Waals surface area contributed by atoms with Crippen molar-refractivity contribution in [1.82, 2.24) is 9.71 Å². The number of rotatable bonds is 7. The molecule has 0 fully saturated rings. The van der Waals surface area contributed by atoms with Gasteiger partial charge in [-0.2, -0.15) is 0 Å². The molecular weight excluding hydrogens is 390 g/mol. The molecule has 0 aliphatic heterocycles. The summed E-state index contributed by atoms with van der Waals surface area (Å²) in [6, 6.07) is 13.8. The predicted molar refractivity (Wildman–Crippen MR) is 111 cm³/mol. The third-order valence-corrected chi connectivity index (χ3v) is 6.00. The van der Waals surface area contributed by atoms with Crippen LogP contribution in [0.5, 0.6) is 0 Å². The van der Waals surface area contributed by atoms with Crippen LogP contribution in [0.25, 0.3) is 11.5 Å². The molecule has 8 heteroatoms. The summed E-state index contributed by atoms with van der Waals surface area (Å²) in [6.45, 7) is 3.74. The Labute approximate surface area is 170 Å². The third-order valence-electron chi connectivity index (χ3n) is 4.56. The lowest BCUT2D eigenvalue weighted by atomic mass is 10.1. The molecule has 0 aliphatic rings. The van der Waals surface area contributed by atoms with Gasteiger partial charge in [0.2, 0.25) is 21.8 Å². The van der Waals surface area contributed by atoms with Crippen LogP contribution < -0.4 is 10.0 Å². The fourth-order valence-electron chi connectivity index (χ4n) is 2.76. The fourth-order valence-corrected chi connectivity index (χ4v) is 3.49. The highest BCUT2D eigenvalue weighted by atomic mass is 32.2. The van der Waals surface area contributed by atoms with Crippen molar-refractivity contribution in [3.8, 4) is 11.5 Å². The molecule has 0 unspecified atom stereocenters. The van der Waals surface area contributed by atoms with Crippen LogP contribution in [-0.2, 0) is 21.2 Å². The zero-order valence-corrected chi connectivity index (χ0v) is 17.3. The molecule has 152 valence electrons. The maximum absolute atomic E-state index is 12.3. The fraction of sp³-hybridized carbons (Fsp3) is 0.238. The van der Waals surface area contributed by atoms with E-state index in [0.29, 0.717) is 18.0 Å². The lowest BCUT2D eigenvalue weighted by Gasteiger charge is -2.07. The van der Waals surface area contributed by atoms with Crippen molar-refractivity contribution in [2.24, 2.45) is 0 Å². The van der Waals surface area contributed by atoms with E-state index in [1.165, 1.54) is 19.2 Å². The van der Waals surface area contributed by atoms with Crippen molar-refractivity contribution < 1.29 is 17.6 Å². The molecule has 7 nitrogen and oxygen atoms in total. The normalized spacial score (nSPS) is 11.4. The second-order valence-electron chi connectivity index (χ2n) is 6.64. The van der Waals surface area contributed by atoms with Crippen LogP contribution in [0.3, 0.4) is 0 Å². The molecule has 0 saturated heterocycles. The molecule has 29 heavy (non-hydrogen) atoms. The van der Waals surface area contributed by atoms with Gasteiger partial charge in [0, 0.05) is 17.7 Å². The number of hydrogen-bond acceptors (Lipinski definition) is 5. The first-order valence-corrected chi connectivity index (χ1v) is 10.6. The molecule has 1 heterocycles. The number of carbonyl (C=O) groups excluding carboxylic acids is 1. The maximum Gasteiger partial charge on any atom is 0.240 e. The van der Waals surface area contributed by atoms with Crippen LogP contribution in [-0.4, -0.2) is 26.4 Å². The highest BCUT2D eigenvalue weighted by Gasteiger charge is 2.12. The van der Waals surface area contributed by atoms with Crippen LogP contribution in [0.1, 0.15) is 23.4 Å². The number of nitrogens with zero attached hydrogens (tertiary/aromatic N) is 1. The monoisotopic (exact) mass is 413 g/mol. The van der Waals surface area contributed by atoms with Crippen LogP contribution >= 0.6 is 0 Å². The van der Waals surface area contributed by atoms with Gasteiger partial charge in [-0.15, -0.1) is 0 Å². The topological polar surface area (TPSA) is 101 Å². The van der Waals surface area contributed by atoms with Crippen LogP contribution in [0, 0.1) is 13.8 Å². The molecule has 0 radical (unpaired) electrons. The van der Waals surface area contributed by atoms with E-state index in [2.05, 4.69) is 15.0 Å². The standard InChI is InChI=1S/C21H23N3O4S/c1-14-15(2)28-21(23-14)17-5-4-6-18(13-17)24-20(25)12-9-16-7-10-19(11-8-16)29(26,27)22-3/h4-8,10-11,13,22H,9,12H2,1-3H3,(H,24,25). The van der Waals surface area contributed by atoms with E-state index in [-0.39, 0.29) is 17.2 Å². The van der Waals surface area contributed by atoms with E-state index in [1.807, 2.05) is 38.1 Å². The van der Waals surface area contributed by atoms with Crippen molar-refractivity contribution in [3.63, 3.8) is 0 Å². The number of oxazole rings is 1. The minimum atomic E-state index is -3.46. The Hall–Kier alpha value is -2.97. The first-order chi connectivity index (χ1) is 13.8. The number of hydrogen-bond donors (Lipinski definition) is 2. The molecule has 2 N–H and O–H groups in total. The Kier molecular flexibility index (Phi) is 6.14. The summed E-state index contributed by atoms with van der Waals surface area (Å²) in [5.74, 6) is 1.16. The highest BCUT2D eigenvalue weighted by Crippen LogP contribution is 2.24. The summed E-state index contributed by atoms with van der Waals surface area (Å²) in [7, 11) is -2.09. The molecule has 3 aromatic rings. The Bertz CT molecular complexity index is 1100. The van der Waals surface area contributed by atoms with Gasteiger partial charge in [0.1, 0.15) is 5.76 Å². The number of anilines is 1. The van der Waals surface area contributed by atoms with Crippen molar-refractivity contribution in [3.05, 3.63) is 65.5 Å². The van der Waals surface area contributed by atoms with Gasteiger partial charge < -0.3 is 9.73 Å². The Morgan fingerprint density at radius 2 is 1.83 bits per heavy atom. The number of amides is 1. The molecule has 0 aliphatic carbocycles. The SMILES string of the molecule is CNS(=O)(=O)c1ccc(CCC(=O)Nc2cccc(-c3nc(C)c(C)o3)c2)cc1. The molecule has 0 bridgehead atoms. The van der Waals surface area contributed by atoms with Gasteiger partial charge >= 0.3 is 0 Å². The molecule has 3 rings (SSSR count). The maximum atomic E-state index is 12.3. The van der Waals surface area contributed by atoms with Crippen molar-refractivity contribution in [2.75, 3.05) is 12.4 Å². The summed E-state index contributed by atoms with van der Waals surface area (Å²) < 4.78 is 31.4. The Morgan fingerprint density at radius 3 is 2.45 bits per heavy atom. The minimum Gasteiger partial charge on any atom is -0.441 e. The zero-order valence-electron chi connectivity index (χ0n) is 16.5. The van der Waals surface area contributed by atoms with E-state index < -0.39 is 10.0 Å². The van der Waals surface area contributed by atoms with E-state index in [1.54, 1.807) is 12.1 Å².